The van der Waals surface area contributed by atoms with E-state index >= 15 is 0 Å². The molecule has 0 aromatic carbocycles. The standard InChI is InChI=1S/C26H33N7O3/c1-16-13-18(24(36)33-21(16)23(35)31-26(33)9-7-25(5-6-25)8-10-26)29-19-14-20(28-15-27-19)30-22(34)17-3-11-32(2)12-4-17/h13-15,17H,3-12H2,1-2H3,(H,31,35)(H2,27,28,29,30,34). The minimum absolute atomic E-state index is 0.0388. The topological polar surface area (TPSA) is 121 Å². The predicted molar refractivity (Wildman–Crippen MR) is 135 cm³/mol. The second-order valence-electron chi connectivity index (χ2n) is 11.2. The number of amides is 2. The number of piperidine rings is 1. The molecule has 2 aromatic rings. The van der Waals surface area contributed by atoms with Crippen LogP contribution in [0.15, 0.2) is 23.3 Å². The molecular formula is C26H33N7O3. The van der Waals surface area contributed by atoms with Gasteiger partial charge in [0.15, 0.2) is 0 Å². The molecule has 2 aliphatic carbocycles. The highest BCUT2D eigenvalue weighted by Gasteiger charge is 2.54. The van der Waals surface area contributed by atoms with Crippen LogP contribution in [-0.4, -0.2) is 51.4 Å². The number of hydrogen-bond acceptors (Lipinski definition) is 7. The molecule has 190 valence electrons. The number of carbonyl (C=O) groups excluding carboxylic acids is 2. The van der Waals surface area contributed by atoms with Crippen molar-refractivity contribution in [1.82, 2.24) is 24.8 Å². The molecule has 2 amide bonds. The predicted octanol–water partition coefficient (Wildman–Crippen LogP) is 2.72. The Hall–Kier alpha value is -3.27. The number of fused-ring (bicyclic) bond motifs is 2. The van der Waals surface area contributed by atoms with E-state index in [1.54, 1.807) is 16.7 Å². The fourth-order valence-corrected chi connectivity index (χ4v) is 6.20. The van der Waals surface area contributed by atoms with Crippen molar-refractivity contribution in [2.45, 2.75) is 64.0 Å². The van der Waals surface area contributed by atoms with E-state index in [0.29, 0.717) is 28.4 Å². The summed E-state index contributed by atoms with van der Waals surface area (Å²) in [7, 11) is 2.06. The van der Waals surface area contributed by atoms with Gasteiger partial charge in [-0.2, -0.15) is 0 Å². The summed E-state index contributed by atoms with van der Waals surface area (Å²) in [5.41, 5.74) is 1.08. The molecule has 3 N–H and O–H groups in total. The molecular weight excluding hydrogens is 458 g/mol. The second kappa shape index (κ2) is 8.40. The van der Waals surface area contributed by atoms with Gasteiger partial charge in [-0.1, -0.05) is 0 Å². The summed E-state index contributed by atoms with van der Waals surface area (Å²) in [6.07, 6.45) is 9.12. The number of aromatic nitrogens is 3. The van der Waals surface area contributed by atoms with E-state index < -0.39 is 5.66 Å². The van der Waals surface area contributed by atoms with Gasteiger partial charge in [-0.15, -0.1) is 0 Å². The Labute approximate surface area is 209 Å². The number of nitrogens with one attached hydrogen (secondary N) is 3. The first-order valence-corrected chi connectivity index (χ1v) is 13.0. The average Bonchev–Trinajstić information content (AvgIpc) is 3.55. The maximum absolute atomic E-state index is 13.7. The van der Waals surface area contributed by atoms with Crippen LogP contribution in [0.4, 0.5) is 17.3 Å². The minimum atomic E-state index is -0.654. The maximum atomic E-state index is 13.7. The van der Waals surface area contributed by atoms with Crippen molar-refractivity contribution in [1.29, 1.82) is 0 Å². The quantitative estimate of drug-likeness (QED) is 0.601. The fourth-order valence-electron chi connectivity index (χ4n) is 6.20. The summed E-state index contributed by atoms with van der Waals surface area (Å²) in [6.45, 7) is 3.65. The summed E-state index contributed by atoms with van der Waals surface area (Å²) in [4.78, 5) is 50.0. The summed E-state index contributed by atoms with van der Waals surface area (Å²) < 4.78 is 1.69. The number of nitrogens with zero attached hydrogens (tertiary/aromatic N) is 4. The number of rotatable bonds is 4. The highest BCUT2D eigenvalue weighted by molar-refractivity contribution is 5.97. The third-order valence-electron chi connectivity index (χ3n) is 8.75. The Morgan fingerprint density at radius 2 is 1.69 bits per heavy atom. The molecule has 2 saturated carbocycles. The van der Waals surface area contributed by atoms with Crippen molar-refractivity contribution in [3.63, 3.8) is 0 Å². The Bertz CT molecular complexity index is 1280. The van der Waals surface area contributed by atoms with E-state index in [1.807, 2.05) is 6.92 Å². The van der Waals surface area contributed by atoms with Crippen LogP contribution in [0.5, 0.6) is 0 Å². The monoisotopic (exact) mass is 491 g/mol. The number of aryl methyl sites for hydroxylation is 1. The zero-order valence-electron chi connectivity index (χ0n) is 20.9. The van der Waals surface area contributed by atoms with Crippen LogP contribution >= 0.6 is 0 Å². The first-order valence-electron chi connectivity index (χ1n) is 13.0. The molecule has 4 aliphatic rings. The molecule has 3 fully saturated rings. The van der Waals surface area contributed by atoms with E-state index in [-0.39, 0.29) is 23.3 Å². The van der Waals surface area contributed by atoms with Gasteiger partial charge < -0.3 is 20.9 Å². The highest BCUT2D eigenvalue weighted by atomic mass is 16.2. The van der Waals surface area contributed by atoms with Gasteiger partial charge >= 0.3 is 0 Å². The lowest BCUT2D eigenvalue weighted by molar-refractivity contribution is -0.121. The van der Waals surface area contributed by atoms with Crippen molar-refractivity contribution in [3.8, 4) is 0 Å². The number of pyridine rings is 1. The van der Waals surface area contributed by atoms with Crippen LogP contribution in [0.1, 0.15) is 67.4 Å². The van der Waals surface area contributed by atoms with Crippen LogP contribution < -0.4 is 21.5 Å². The first kappa shape index (κ1) is 23.1. The Morgan fingerprint density at radius 3 is 2.39 bits per heavy atom. The summed E-state index contributed by atoms with van der Waals surface area (Å²) in [5.74, 6) is 0.544. The van der Waals surface area contributed by atoms with Gasteiger partial charge in [0.25, 0.3) is 11.5 Å². The summed E-state index contributed by atoms with van der Waals surface area (Å²) in [5, 5.41) is 9.18. The molecule has 2 aromatic heterocycles. The third kappa shape index (κ3) is 3.97. The van der Waals surface area contributed by atoms with Gasteiger partial charge in [0.2, 0.25) is 5.91 Å². The molecule has 0 bridgehead atoms. The van der Waals surface area contributed by atoms with E-state index in [9.17, 15) is 14.4 Å². The van der Waals surface area contributed by atoms with Gasteiger partial charge in [0.05, 0.1) is 0 Å². The molecule has 1 saturated heterocycles. The molecule has 0 radical (unpaired) electrons. The third-order valence-corrected chi connectivity index (χ3v) is 8.75. The summed E-state index contributed by atoms with van der Waals surface area (Å²) in [6, 6.07) is 3.34. The zero-order chi connectivity index (χ0) is 25.1. The number of hydrogen-bond donors (Lipinski definition) is 3. The van der Waals surface area contributed by atoms with Crippen molar-refractivity contribution in [2.75, 3.05) is 30.8 Å². The van der Waals surface area contributed by atoms with Crippen molar-refractivity contribution in [3.05, 3.63) is 40.1 Å². The lowest BCUT2D eigenvalue weighted by Crippen LogP contribution is -2.50. The lowest BCUT2D eigenvalue weighted by Gasteiger charge is -2.39. The molecule has 36 heavy (non-hydrogen) atoms. The van der Waals surface area contributed by atoms with Crippen LogP contribution in [0.25, 0.3) is 0 Å². The van der Waals surface area contributed by atoms with Gasteiger partial charge in [0, 0.05) is 12.0 Å². The smallest absolute Gasteiger partial charge is 0.276 e. The highest BCUT2D eigenvalue weighted by Crippen LogP contribution is 2.59. The van der Waals surface area contributed by atoms with Crippen LogP contribution in [-0.2, 0) is 10.5 Å². The molecule has 0 atom stereocenters. The SMILES string of the molecule is Cc1cc(Nc2cc(NC(=O)C3CCN(C)CC3)ncn2)c(=O)n2c1C(=O)NC21CCC2(CC2)CC1. The van der Waals surface area contributed by atoms with Crippen LogP contribution in [0, 0.1) is 18.3 Å². The van der Waals surface area contributed by atoms with E-state index in [2.05, 4.69) is 37.9 Å². The molecule has 4 heterocycles. The molecule has 2 spiro atoms. The van der Waals surface area contributed by atoms with E-state index in [4.69, 9.17) is 0 Å². The number of anilines is 3. The summed E-state index contributed by atoms with van der Waals surface area (Å²) >= 11 is 0. The zero-order valence-corrected chi connectivity index (χ0v) is 20.9. The normalized spacial score (nSPS) is 22.3. The van der Waals surface area contributed by atoms with Gasteiger partial charge in [-0.3, -0.25) is 19.0 Å². The molecule has 10 nitrogen and oxygen atoms in total. The van der Waals surface area contributed by atoms with Crippen molar-refractivity contribution < 1.29 is 9.59 Å². The van der Waals surface area contributed by atoms with Crippen molar-refractivity contribution in [2.24, 2.45) is 11.3 Å². The second-order valence-corrected chi connectivity index (χ2v) is 11.2. The number of likely N-dealkylation sites (tertiary alicyclic amines) is 1. The van der Waals surface area contributed by atoms with E-state index in [0.717, 1.165) is 57.2 Å². The largest absolute Gasteiger partial charge is 0.336 e. The van der Waals surface area contributed by atoms with Crippen LogP contribution in [0.3, 0.4) is 0 Å². The first-order chi connectivity index (χ1) is 17.3. The minimum Gasteiger partial charge on any atom is -0.336 e. The Balaban J connectivity index is 1.24. The van der Waals surface area contributed by atoms with Gasteiger partial charge in [-0.25, -0.2) is 9.97 Å². The van der Waals surface area contributed by atoms with Gasteiger partial charge in [-0.05, 0) is 95.5 Å². The van der Waals surface area contributed by atoms with Gasteiger partial charge in [0.1, 0.15) is 35.0 Å². The Morgan fingerprint density at radius 1 is 1.03 bits per heavy atom. The van der Waals surface area contributed by atoms with E-state index in [1.165, 1.54) is 19.2 Å². The molecule has 0 unspecified atom stereocenters. The molecule has 10 heteroatoms. The molecule has 6 rings (SSSR count). The number of carbonyl (C=O) groups is 2. The Kier molecular flexibility index (Phi) is 5.40. The van der Waals surface area contributed by atoms with Crippen LogP contribution in [0.2, 0.25) is 0 Å². The van der Waals surface area contributed by atoms with Crippen molar-refractivity contribution >= 4 is 29.1 Å². The fraction of sp³-hybridized carbons (Fsp3) is 0.577. The lowest BCUT2D eigenvalue weighted by atomic mass is 9.79. The maximum Gasteiger partial charge on any atom is 0.276 e. The average molecular weight is 492 g/mol. The molecule has 2 aliphatic heterocycles.